The van der Waals surface area contributed by atoms with Crippen molar-refractivity contribution in [1.82, 2.24) is 4.90 Å². The molecule has 0 aromatic heterocycles. The molecular weight excluding hydrogens is 584 g/mol. The van der Waals surface area contributed by atoms with Gasteiger partial charge in [0.25, 0.3) is 0 Å². The van der Waals surface area contributed by atoms with Gasteiger partial charge in [-0.25, -0.2) is 4.39 Å². The minimum absolute atomic E-state index is 0.124. The van der Waals surface area contributed by atoms with Crippen LogP contribution in [0.25, 0.3) is 0 Å². The van der Waals surface area contributed by atoms with Crippen LogP contribution >= 0.6 is 22.6 Å². The van der Waals surface area contributed by atoms with E-state index in [9.17, 15) is 14.4 Å². The molecule has 6 nitrogen and oxygen atoms in total. The molecule has 0 aromatic rings. The highest BCUT2D eigenvalue weighted by molar-refractivity contribution is 14.1. The standard InChI is InChI=1S/C24H41FINO5Si2/c1-15(16(2)28)11-27(17(3)29)19-18(26)24(32-33(6,7)8)14-23(25)13-22(23,20(24)31-19)12-21(4,5)34(9,10)30/h11,18-20,30H,12-14H2,1-10H3/b15-11-/t18-,19+,20+,22+,23+,24-/m0/s1. The highest BCUT2D eigenvalue weighted by atomic mass is 127. The molecule has 10 heteroatoms. The molecule has 0 unspecified atom stereocenters. The summed E-state index contributed by atoms with van der Waals surface area (Å²) in [6, 6.07) is 0. The van der Waals surface area contributed by atoms with Gasteiger partial charge in [-0.3, -0.25) is 14.5 Å². The molecule has 1 heterocycles. The molecule has 2 aliphatic carbocycles. The molecule has 194 valence electrons. The van der Waals surface area contributed by atoms with Crippen LogP contribution in [-0.4, -0.2) is 65.5 Å². The third kappa shape index (κ3) is 4.53. The molecule has 1 N–H and O–H groups in total. The largest absolute Gasteiger partial charge is 0.432 e. The maximum absolute atomic E-state index is 16.4. The van der Waals surface area contributed by atoms with Crippen molar-refractivity contribution < 1.29 is 27.9 Å². The lowest BCUT2D eigenvalue weighted by molar-refractivity contribution is -0.140. The molecule has 1 aliphatic heterocycles. The average Bonchev–Trinajstić information content (AvgIpc) is 2.99. The predicted molar refractivity (Wildman–Crippen MR) is 144 cm³/mol. The molecule has 3 fully saturated rings. The predicted octanol–water partition coefficient (Wildman–Crippen LogP) is 5.32. The number of halogens is 2. The maximum atomic E-state index is 16.4. The first-order valence-electron chi connectivity index (χ1n) is 12.0. The van der Waals surface area contributed by atoms with E-state index < -0.39 is 50.7 Å². The Bertz CT molecular complexity index is 916. The number of carbonyl (C=O) groups is 2. The lowest BCUT2D eigenvalue weighted by Gasteiger charge is -2.43. The first kappa shape index (κ1) is 28.4. The van der Waals surface area contributed by atoms with E-state index in [1.165, 1.54) is 18.7 Å². The second-order valence-corrected chi connectivity index (χ2v) is 23.1. The second-order valence-electron chi connectivity index (χ2n) is 12.9. The number of ether oxygens (including phenoxy) is 1. The van der Waals surface area contributed by atoms with Crippen LogP contribution < -0.4 is 0 Å². The van der Waals surface area contributed by atoms with E-state index in [1.54, 1.807) is 13.1 Å². The van der Waals surface area contributed by atoms with Crippen LogP contribution in [0.4, 0.5) is 4.39 Å². The molecule has 2 saturated carbocycles. The highest BCUT2D eigenvalue weighted by Gasteiger charge is 2.87. The first-order chi connectivity index (χ1) is 15.1. The smallest absolute Gasteiger partial charge is 0.225 e. The lowest BCUT2D eigenvalue weighted by atomic mass is 9.83. The fraction of sp³-hybridized carbons (Fsp3) is 0.833. The van der Waals surface area contributed by atoms with Crippen molar-refractivity contribution >= 4 is 50.9 Å². The van der Waals surface area contributed by atoms with Gasteiger partial charge in [-0.2, -0.15) is 0 Å². The normalized spacial score (nSPS) is 37.9. The van der Waals surface area contributed by atoms with Gasteiger partial charge in [0, 0.05) is 30.5 Å². The summed E-state index contributed by atoms with van der Waals surface area (Å²) in [4.78, 5) is 37.1. The third-order valence-electron chi connectivity index (χ3n) is 8.29. The van der Waals surface area contributed by atoms with E-state index in [4.69, 9.17) is 9.16 Å². The van der Waals surface area contributed by atoms with E-state index in [0.29, 0.717) is 18.4 Å². The van der Waals surface area contributed by atoms with Gasteiger partial charge >= 0.3 is 0 Å². The summed E-state index contributed by atoms with van der Waals surface area (Å²) in [6.45, 7) is 18.7. The molecule has 0 aromatic carbocycles. The second kappa shape index (κ2) is 8.44. The van der Waals surface area contributed by atoms with E-state index >= 15 is 4.39 Å². The number of fused-ring (bicyclic) bond motifs is 3. The Morgan fingerprint density at radius 1 is 1.21 bits per heavy atom. The van der Waals surface area contributed by atoms with Crippen molar-refractivity contribution in [3.05, 3.63) is 11.8 Å². The van der Waals surface area contributed by atoms with Crippen molar-refractivity contribution in [3.63, 3.8) is 0 Å². The van der Waals surface area contributed by atoms with Gasteiger partial charge in [0.2, 0.25) is 5.91 Å². The fourth-order valence-corrected chi connectivity index (χ4v) is 9.47. The third-order valence-corrected chi connectivity index (χ3v) is 14.4. The van der Waals surface area contributed by atoms with Gasteiger partial charge in [-0.05, 0) is 64.5 Å². The molecular formula is C24H41FINO5Si2. The van der Waals surface area contributed by atoms with Crippen LogP contribution in [0.2, 0.25) is 37.8 Å². The number of carbonyl (C=O) groups excluding carboxylic acids is 2. The molecule has 3 aliphatic rings. The number of hydrogen-bond donors (Lipinski definition) is 1. The number of hydrogen-bond acceptors (Lipinski definition) is 5. The summed E-state index contributed by atoms with van der Waals surface area (Å²) in [5, 5.41) is -0.427. The minimum atomic E-state index is -2.60. The number of alkyl halides is 2. The summed E-state index contributed by atoms with van der Waals surface area (Å²) >= 11 is 2.27. The minimum Gasteiger partial charge on any atom is -0.432 e. The zero-order valence-electron chi connectivity index (χ0n) is 22.2. The summed E-state index contributed by atoms with van der Waals surface area (Å²) in [6.07, 6.45) is 1.47. The Kier molecular flexibility index (Phi) is 7.05. The van der Waals surface area contributed by atoms with Crippen LogP contribution in [-0.2, 0) is 18.8 Å². The molecule has 34 heavy (non-hydrogen) atoms. The van der Waals surface area contributed by atoms with Crippen molar-refractivity contribution in [2.24, 2.45) is 5.41 Å². The monoisotopic (exact) mass is 625 g/mol. The van der Waals surface area contributed by atoms with E-state index in [0.717, 1.165) is 0 Å². The van der Waals surface area contributed by atoms with Crippen LogP contribution in [0.1, 0.15) is 53.9 Å². The van der Waals surface area contributed by atoms with Gasteiger partial charge in [0.05, 0.1) is 10.0 Å². The molecule has 0 spiro atoms. The van der Waals surface area contributed by atoms with Crippen LogP contribution in [0.5, 0.6) is 0 Å². The molecule has 0 radical (unpaired) electrons. The Balaban J connectivity index is 2.09. The van der Waals surface area contributed by atoms with Gasteiger partial charge in [-0.1, -0.05) is 36.4 Å². The van der Waals surface area contributed by atoms with E-state index in [2.05, 4.69) is 42.2 Å². The van der Waals surface area contributed by atoms with Crippen LogP contribution in [0, 0.1) is 5.41 Å². The molecule has 6 atom stereocenters. The number of allylic oxidation sites excluding steroid dienone is 1. The zero-order chi connectivity index (χ0) is 26.3. The van der Waals surface area contributed by atoms with Gasteiger partial charge in [0.15, 0.2) is 28.6 Å². The number of ketones is 1. The summed E-state index contributed by atoms with van der Waals surface area (Å²) < 4.78 is 29.6. The van der Waals surface area contributed by atoms with Gasteiger partial charge in [-0.15, -0.1) is 0 Å². The van der Waals surface area contributed by atoms with Crippen molar-refractivity contribution in [2.45, 2.75) is 119 Å². The quantitative estimate of drug-likeness (QED) is 0.171. The van der Waals surface area contributed by atoms with E-state index in [1.807, 2.05) is 26.9 Å². The first-order valence-corrected chi connectivity index (χ1v) is 19.6. The van der Waals surface area contributed by atoms with Gasteiger partial charge < -0.3 is 14.0 Å². The Hall–Kier alpha value is -0.146. The van der Waals surface area contributed by atoms with Crippen molar-refractivity contribution in [3.8, 4) is 0 Å². The molecule has 1 saturated heterocycles. The summed E-state index contributed by atoms with van der Waals surface area (Å²) in [7, 11) is -4.73. The Labute approximate surface area is 219 Å². The number of rotatable bonds is 8. The average molecular weight is 626 g/mol. The topological polar surface area (TPSA) is 76.1 Å². The number of Topliss-reactive ketones (excluding diaryl/α,β-unsaturated/α-hetero) is 1. The Morgan fingerprint density at radius 3 is 2.21 bits per heavy atom. The SMILES string of the molecule is CC(=O)/C(C)=C\N(C(C)=O)[C@@H]1O[C@H]2[C@](O[Si](C)(C)C)(C[C@]3(F)C[C@]23CC(C)(C)[Si](C)(C)O)[C@H]1I. The highest BCUT2D eigenvalue weighted by Crippen LogP contribution is 2.80. The molecule has 1 amide bonds. The molecule has 0 bridgehead atoms. The summed E-state index contributed by atoms with van der Waals surface area (Å²) in [5.41, 5.74) is -2.58. The Morgan fingerprint density at radius 2 is 1.76 bits per heavy atom. The van der Waals surface area contributed by atoms with Crippen LogP contribution in [0.3, 0.4) is 0 Å². The van der Waals surface area contributed by atoms with Gasteiger partial charge in [0.1, 0.15) is 11.3 Å². The maximum Gasteiger partial charge on any atom is 0.225 e. The molecule has 3 rings (SSSR count). The van der Waals surface area contributed by atoms with Crippen molar-refractivity contribution in [1.29, 1.82) is 0 Å². The number of amides is 1. The zero-order valence-corrected chi connectivity index (χ0v) is 26.4. The fourth-order valence-electron chi connectivity index (χ4n) is 5.84. The lowest BCUT2D eigenvalue weighted by Crippen LogP contribution is -2.55. The summed E-state index contributed by atoms with van der Waals surface area (Å²) in [5.74, 6) is -0.364. The number of nitrogens with zero attached hydrogens (tertiary/aromatic N) is 1. The van der Waals surface area contributed by atoms with Crippen LogP contribution in [0.15, 0.2) is 11.8 Å². The van der Waals surface area contributed by atoms with E-state index in [-0.39, 0.29) is 22.0 Å². The van der Waals surface area contributed by atoms with Crippen molar-refractivity contribution in [2.75, 3.05) is 0 Å².